The second-order valence-corrected chi connectivity index (χ2v) is 6.29. The molecular weight excluding hydrogens is 276 g/mol. The average molecular weight is 300 g/mol. The number of aryl methyl sites for hydroxylation is 1. The molecule has 1 fully saturated rings. The lowest BCUT2D eigenvalue weighted by Crippen LogP contribution is -2.47. The predicted molar refractivity (Wildman–Crippen MR) is 86.4 cm³/mol. The summed E-state index contributed by atoms with van der Waals surface area (Å²) in [4.78, 5) is 6.82. The summed E-state index contributed by atoms with van der Waals surface area (Å²) in [5, 5.41) is 10.5. The molecule has 1 N–H and O–H groups in total. The maximum Gasteiger partial charge on any atom is 0.226 e. The van der Waals surface area contributed by atoms with Crippen molar-refractivity contribution in [1.29, 1.82) is 0 Å². The van der Waals surface area contributed by atoms with Crippen LogP contribution in [0.3, 0.4) is 0 Å². The van der Waals surface area contributed by atoms with E-state index >= 15 is 0 Å². The highest BCUT2D eigenvalue weighted by atomic mass is 16.4. The molecule has 1 aromatic carbocycles. The van der Waals surface area contributed by atoms with Gasteiger partial charge in [0.1, 0.15) is 5.76 Å². The van der Waals surface area contributed by atoms with Crippen LogP contribution in [-0.4, -0.2) is 33.7 Å². The van der Waals surface area contributed by atoms with Crippen LogP contribution >= 0.6 is 0 Å². The highest BCUT2D eigenvalue weighted by Gasteiger charge is 2.32. The quantitative estimate of drug-likeness (QED) is 0.940. The van der Waals surface area contributed by atoms with Gasteiger partial charge in [-0.25, -0.2) is 4.98 Å². The molecule has 0 amide bonds. The topological polar surface area (TPSA) is 49.5 Å². The Kier molecular flexibility index (Phi) is 4.32. The van der Waals surface area contributed by atoms with Crippen LogP contribution in [0.4, 0.5) is 0 Å². The highest BCUT2D eigenvalue weighted by Crippen LogP contribution is 2.27. The molecule has 4 nitrogen and oxygen atoms in total. The molecule has 1 aliphatic heterocycles. The number of β-amino-alcohol motifs (C(OH)–C–C–N with tert-alkyl or cyclic N) is 1. The minimum absolute atomic E-state index is 0.547. The lowest BCUT2D eigenvalue weighted by atomic mass is 9.90. The monoisotopic (exact) mass is 300 g/mol. The molecule has 1 aromatic heterocycles. The van der Waals surface area contributed by atoms with Crippen LogP contribution in [-0.2, 0) is 6.54 Å². The van der Waals surface area contributed by atoms with Crippen LogP contribution in [0.5, 0.6) is 0 Å². The van der Waals surface area contributed by atoms with Crippen LogP contribution in [0.2, 0.25) is 0 Å². The van der Waals surface area contributed by atoms with Crippen molar-refractivity contribution in [3.8, 4) is 11.5 Å². The summed E-state index contributed by atoms with van der Waals surface area (Å²) in [5.74, 6) is 1.58. The highest BCUT2D eigenvalue weighted by molar-refractivity contribution is 5.53. The third-order valence-electron chi connectivity index (χ3n) is 4.57. The van der Waals surface area contributed by atoms with Gasteiger partial charge in [-0.15, -0.1) is 0 Å². The van der Waals surface area contributed by atoms with Gasteiger partial charge in [-0.05, 0) is 44.9 Å². The molecule has 0 aliphatic carbocycles. The summed E-state index contributed by atoms with van der Waals surface area (Å²) in [5.41, 5.74) is 1.39. The lowest BCUT2D eigenvalue weighted by molar-refractivity contribution is -0.0372. The normalized spacial score (nSPS) is 22.9. The maximum atomic E-state index is 10.5. The van der Waals surface area contributed by atoms with Crippen molar-refractivity contribution < 1.29 is 9.52 Å². The summed E-state index contributed by atoms with van der Waals surface area (Å²) in [6.45, 7) is 6.47. The number of oxazole rings is 1. The van der Waals surface area contributed by atoms with Crippen LogP contribution in [0, 0.1) is 6.92 Å². The third kappa shape index (κ3) is 3.23. The summed E-state index contributed by atoms with van der Waals surface area (Å²) in [6, 6.07) is 9.97. The largest absolute Gasteiger partial charge is 0.440 e. The zero-order valence-corrected chi connectivity index (χ0v) is 13.4. The third-order valence-corrected chi connectivity index (χ3v) is 4.57. The summed E-state index contributed by atoms with van der Waals surface area (Å²) < 4.78 is 5.97. The van der Waals surface area contributed by atoms with E-state index in [0.29, 0.717) is 19.0 Å². The molecule has 0 spiro atoms. The predicted octanol–water partition coefficient (Wildman–Crippen LogP) is 3.39. The van der Waals surface area contributed by atoms with E-state index < -0.39 is 5.60 Å². The number of piperidine rings is 1. The summed E-state index contributed by atoms with van der Waals surface area (Å²) >= 11 is 0. The van der Waals surface area contributed by atoms with Gasteiger partial charge in [0.15, 0.2) is 0 Å². The van der Waals surface area contributed by atoms with Gasteiger partial charge in [-0.2, -0.15) is 0 Å². The molecule has 118 valence electrons. The summed E-state index contributed by atoms with van der Waals surface area (Å²) in [7, 11) is 0. The molecule has 4 heteroatoms. The van der Waals surface area contributed by atoms with Crippen molar-refractivity contribution in [3.63, 3.8) is 0 Å². The molecule has 1 aliphatic rings. The first-order valence-corrected chi connectivity index (χ1v) is 8.06. The van der Waals surface area contributed by atoms with Crippen molar-refractivity contribution in [3.05, 3.63) is 41.8 Å². The minimum atomic E-state index is -0.547. The van der Waals surface area contributed by atoms with Crippen LogP contribution in [0.15, 0.2) is 34.7 Å². The van der Waals surface area contributed by atoms with E-state index in [1.54, 1.807) is 0 Å². The molecular formula is C18H24N2O2. The number of likely N-dealkylation sites (tertiary alicyclic amines) is 1. The van der Waals surface area contributed by atoms with E-state index in [1.807, 2.05) is 37.3 Å². The Bertz CT molecular complexity index is 623. The van der Waals surface area contributed by atoms with Crippen LogP contribution < -0.4 is 0 Å². The van der Waals surface area contributed by atoms with Crippen molar-refractivity contribution in [2.24, 2.45) is 0 Å². The Balaban J connectivity index is 1.75. The molecule has 3 rings (SSSR count). The number of aliphatic hydroxyl groups is 1. The van der Waals surface area contributed by atoms with Crippen molar-refractivity contribution in [2.75, 3.05) is 13.1 Å². The molecule has 0 bridgehead atoms. The Labute approximate surface area is 131 Å². The number of aromatic nitrogens is 1. The molecule has 2 heterocycles. The van der Waals surface area contributed by atoms with E-state index in [0.717, 1.165) is 42.8 Å². The molecule has 1 unspecified atom stereocenters. The van der Waals surface area contributed by atoms with E-state index in [2.05, 4.69) is 16.8 Å². The van der Waals surface area contributed by atoms with Gasteiger partial charge in [-0.1, -0.05) is 25.1 Å². The van der Waals surface area contributed by atoms with Gasteiger partial charge in [0.05, 0.1) is 17.8 Å². The Morgan fingerprint density at radius 2 is 2.09 bits per heavy atom. The van der Waals surface area contributed by atoms with Gasteiger partial charge in [-0.3, -0.25) is 4.90 Å². The van der Waals surface area contributed by atoms with Gasteiger partial charge in [0, 0.05) is 12.1 Å². The second-order valence-electron chi connectivity index (χ2n) is 6.29. The smallest absolute Gasteiger partial charge is 0.226 e. The van der Waals surface area contributed by atoms with Gasteiger partial charge in [0.25, 0.3) is 0 Å². The second kappa shape index (κ2) is 6.23. The van der Waals surface area contributed by atoms with Crippen LogP contribution in [0.25, 0.3) is 11.5 Å². The fraction of sp³-hybridized carbons (Fsp3) is 0.500. The first kappa shape index (κ1) is 15.3. The SMILES string of the molecule is CCC1(O)CCCN(Cc2oc(-c3ccccc3)nc2C)C1. The average Bonchev–Trinajstić information content (AvgIpc) is 2.89. The van der Waals surface area contributed by atoms with E-state index in [-0.39, 0.29) is 0 Å². The minimum Gasteiger partial charge on any atom is -0.440 e. The zero-order valence-electron chi connectivity index (χ0n) is 13.4. The molecule has 2 aromatic rings. The molecule has 22 heavy (non-hydrogen) atoms. The Hall–Kier alpha value is -1.65. The maximum absolute atomic E-state index is 10.5. The Morgan fingerprint density at radius 3 is 2.82 bits per heavy atom. The first-order chi connectivity index (χ1) is 10.6. The van der Waals surface area contributed by atoms with Crippen LogP contribution in [0.1, 0.15) is 37.6 Å². The molecule has 1 atom stereocenters. The number of nitrogens with zero attached hydrogens (tertiary/aromatic N) is 2. The van der Waals surface area contributed by atoms with Crippen molar-refractivity contribution >= 4 is 0 Å². The number of benzene rings is 1. The van der Waals surface area contributed by atoms with E-state index in [9.17, 15) is 5.11 Å². The van der Waals surface area contributed by atoms with E-state index in [1.165, 1.54) is 0 Å². The first-order valence-electron chi connectivity index (χ1n) is 8.06. The number of hydrogen-bond donors (Lipinski definition) is 1. The fourth-order valence-corrected chi connectivity index (χ4v) is 3.11. The summed E-state index contributed by atoms with van der Waals surface area (Å²) in [6.07, 6.45) is 2.72. The standard InChI is InChI=1S/C18H24N2O2/c1-3-18(21)10-7-11-20(13-18)12-16-14(2)19-17(22-16)15-8-5-4-6-9-15/h4-6,8-9,21H,3,7,10-13H2,1-2H3. The van der Waals surface area contributed by atoms with E-state index in [4.69, 9.17) is 4.42 Å². The van der Waals surface area contributed by atoms with Gasteiger partial charge in [0.2, 0.25) is 5.89 Å². The van der Waals surface area contributed by atoms with Crippen molar-refractivity contribution in [2.45, 2.75) is 45.3 Å². The number of hydrogen-bond acceptors (Lipinski definition) is 4. The molecule has 1 saturated heterocycles. The molecule has 0 saturated carbocycles. The Morgan fingerprint density at radius 1 is 1.32 bits per heavy atom. The molecule has 0 radical (unpaired) electrons. The fourth-order valence-electron chi connectivity index (χ4n) is 3.11. The zero-order chi connectivity index (χ0) is 15.6. The lowest BCUT2D eigenvalue weighted by Gasteiger charge is -2.38. The van der Waals surface area contributed by atoms with Crippen molar-refractivity contribution in [1.82, 2.24) is 9.88 Å². The number of rotatable bonds is 4. The van der Waals surface area contributed by atoms with Gasteiger partial charge < -0.3 is 9.52 Å². The van der Waals surface area contributed by atoms with Gasteiger partial charge >= 0.3 is 0 Å².